The topological polar surface area (TPSA) is 138 Å². The van der Waals surface area contributed by atoms with Crippen LogP contribution in [-0.4, -0.2) is 32.8 Å². The molecule has 1 aliphatic heterocycles. The molecule has 35 heavy (non-hydrogen) atoms. The quantitative estimate of drug-likeness (QED) is 0.170. The molecular formula is C25H17ClN2O7. The molecule has 1 aliphatic rings. The van der Waals surface area contributed by atoms with Gasteiger partial charge in [-0.1, -0.05) is 48.0 Å². The van der Waals surface area contributed by atoms with Crippen LogP contribution in [0, 0.1) is 10.1 Å². The van der Waals surface area contributed by atoms with Crippen LogP contribution in [0.2, 0.25) is 5.02 Å². The van der Waals surface area contributed by atoms with Crippen molar-refractivity contribution in [3.05, 3.63) is 110 Å². The van der Waals surface area contributed by atoms with Crippen LogP contribution in [0.15, 0.2) is 78.4 Å². The predicted octanol–water partition coefficient (Wildman–Crippen LogP) is 4.50. The minimum atomic E-state index is -1.20. The third-order valence-corrected chi connectivity index (χ3v) is 5.87. The number of benzene rings is 3. The number of hydrogen-bond acceptors (Lipinski definition) is 6. The highest BCUT2D eigenvalue weighted by molar-refractivity contribution is 6.52. The minimum Gasteiger partial charge on any atom is -0.507 e. The molecule has 3 aromatic rings. The van der Waals surface area contributed by atoms with E-state index in [1.807, 2.05) is 0 Å². The van der Waals surface area contributed by atoms with Crippen molar-refractivity contribution < 1.29 is 29.5 Å². The highest BCUT2D eigenvalue weighted by Gasteiger charge is 2.47. The number of aliphatic hydroxyl groups is 1. The van der Waals surface area contributed by atoms with Crippen molar-refractivity contribution >= 4 is 46.4 Å². The van der Waals surface area contributed by atoms with Crippen LogP contribution >= 0.6 is 11.6 Å². The van der Waals surface area contributed by atoms with Crippen molar-refractivity contribution in [2.75, 3.05) is 4.90 Å². The van der Waals surface area contributed by atoms with Gasteiger partial charge >= 0.3 is 5.97 Å². The Balaban J connectivity index is 1.93. The molecule has 1 saturated heterocycles. The van der Waals surface area contributed by atoms with Gasteiger partial charge in [0.05, 0.1) is 28.0 Å². The van der Waals surface area contributed by atoms with E-state index in [4.69, 9.17) is 16.7 Å². The number of carbonyl (C=O) groups excluding carboxylic acids is 2. The maximum Gasteiger partial charge on any atom is 0.307 e. The highest BCUT2D eigenvalue weighted by Crippen LogP contribution is 2.43. The van der Waals surface area contributed by atoms with Gasteiger partial charge in [0.25, 0.3) is 17.4 Å². The van der Waals surface area contributed by atoms with E-state index in [2.05, 4.69) is 0 Å². The molecule has 4 rings (SSSR count). The third-order valence-electron chi connectivity index (χ3n) is 5.54. The zero-order chi connectivity index (χ0) is 25.3. The number of aliphatic hydroxyl groups excluding tert-OH is 1. The van der Waals surface area contributed by atoms with E-state index in [1.54, 1.807) is 12.1 Å². The molecular weight excluding hydrogens is 476 g/mol. The zero-order valence-corrected chi connectivity index (χ0v) is 18.7. The summed E-state index contributed by atoms with van der Waals surface area (Å²) in [5.74, 6) is -3.50. The molecule has 1 atom stereocenters. The molecule has 1 heterocycles. The summed E-state index contributed by atoms with van der Waals surface area (Å²) < 4.78 is 0. The average molecular weight is 493 g/mol. The van der Waals surface area contributed by atoms with E-state index >= 15 is 0 Å². The van der Waals surface area contributed by atoms with Crippen LogP contribution in [0.5, 0.6) is 0 Å². The number of anilines is 1. The van der Waals surface area contributed by atoms with E-state index in [0.29, 0.717) is 5.56 Å². The number of carboxylic acid groups (broad SMARTS) is 1. The van der Waals surface area contributed by atoms with E-state index < -0.39 is 34.4 Å². The van der Waals surface area contributed by atoms with Gasteiger partial charge in [-0.3, -0.25) is 29.4 Å². The predicted molar refractivity (Wildman–Crippen MR) is 127 cm³/mol. The number of halogens is 1. The van der Waals surface area contributed by atoms with Gasteiger partial charge < -0.3 is 10.2 Å². The summed E-state index contributed by atoms with van der Waals surface area (Å²) in [4.78, 5) is 49.2. The fraction of sp³-hybridized carbons (Fsp3) is 0.0800. The van der Waals surface area contributed by atoms with E-state index in [1.165, 1.54) is 60.7 Å². The molecule has 176 valence electrons. The SMILES string of the molecule is O=C(O)Cc1ccc(N2C(=O)C(=O)/C(=C(/O)c3ccccc3Cl)C2c2cccc([N+](=O)[O-])c2)cc1. The van der Waals surface area contributed by atoms with E-state index in [9.17, 15) is 29.6 Å². The van der Waals surface area contributed by atoms with Gasteiger partial charge in [0.2, 0.25) is 0 Å². The van der Waals surface area contributed by atoms with Crippen molar-refractivity contribution in [3.63, 3.8) is 0 Å². The average Bonchev–Trinajstić information content (AvgIpc) is 3.09. The smallest absolute Gasteiger partial charge is 0.307 e. The summed E-state index contributed by atoms with van der Waals surface area (Å²) in [6.07, 6.45) is -0.236. The van der Waals surface area contributed by atoms with Gasteiger partial charge in [-0.15, -0.1) is 0 Å². The number of ketones is 1. The fourth-order valence-electron chi connectivity index (χ4n) is 3.97. The second-order valence-electron chi connectivity index (χ2n) is 7.74. The van der Waals surface area contributed by atoms with Crippen LogP contribution < -0.4 is 4.90 Å². The number of carboxylic acids is 1. The number of aliphatic carboxylic acids is 1. The van der Waals surface area contributed by atoms with Crippen LogP contribution in [0.3, 0.4) is 0 Å². The summed E-state index contributed by atoms with van der Waals surface area (Å²) in [7, 11) is 0. The lowest BCUT2D eigenvalue weighted by atomic mass is 9.94. The van der Waals surface area contributed by atoms with Gasteiger partial charge in [-0.2, -0.15) is 0 Å². The van der Waals surface area contributed by atoms with E-state index in [0.717, 1.165) is 4.90 Å². The van der Waals surface area contributed by atoms with Crippen LogP contribution in [0.1, 0.15) is 22.7 Å². The number of nitro benzene ring substituents is 1. The first-order chi connectivity index (χ1) is 16.7. The Morgan fingerprint density at radius 3 is 2.31 bits per heavy atom. The first kappa shape index (κ1) is 23.7. The van der Waals surface area contributed by atoms with E-state index in [-0.39, 0.29) is 39.5 Å². The second kappa shape index (κ2) is 9.40. The number of non-ortho nitro benzene ring substituents is 1. The van der Waals surface area contributed by atoms with Crippen molar-refractivity contribution in [2.24, 2.45) is 0 Å². The molecule has 0 spiro atoms. The number of hydrogen-bond donors (Lipinski definition) is 2. The van der Waals surface area contributed by atoms with Gasteiger partial charge in [0.1, 0.15) is 5.76 Å². The lowest BCUT2D eigenvalue weighted by Crippen LogP contribution is -2.29. The summed E-state index contributed by atoms with van der Waals surface area (Å²) in [5.41, 5.74) is 0.527. The van der Waals surface area contributed by atoms with Gasteiger partial charge in [0, 0.05) is 23.4 Å². The number of carbonyl (C=O) groups is 3. The molecule has 0 saturated carbocycles. The Morgan fingerprint density at radius 2 is 1.69 bits per heavy atom. The molecule has 0 bridgehead atoms. The highest BCUT2D eigenvalue weighted by atomic mass is 35.5. The molecule has 0 aliphatic carbocycles. The lowest BCUT2D eigenvalue weighted by Gasteiger charge is -2.25. The summed E-state index contributed by atoms with van der Waals surface area (Å²) >= 11 is 6.21. The Kier molecular flexibility index (Phi) is 6.35. The molecule has 0 radical (unpaired) electrons. The van der Waals surface area contributed by atoms with Crippen molar-refractivity contribution in [1.82, 2.24) is 0 Å². The molecule has 0 aromatic heterocycles. The number of nitrogens with zero attached hydrogens (tertiary/aromatic N) is 2. The minimum absolute atomic E-state index is 0.124. The van der Waals surface area contributed by atoms with Gasteiger partial charge in [-0.05, 0) is 35.4 Å². The van der Waals surface area contributed by atoms with Crippen molar-refractivity contribution in [1.29, 1.82) is 0 Å². The van der Waals surface area contributed by atoms with Crippen LogP contribution in [0.4, 0.5) is 11.4 Å². The molecule has 1 unspecified atom stereocenters. The summed E-state index contributed by atoms with van der Waals surface area (Å²) in [6.45, 7) is 0. The Labute approximate surface area is 203 Å². The molecule has 1 amide bonds. The summed E-state index contributed by atoms with van der Waals surface area (Å²) in [6, 6.07) is 16.4. The lowest BCUT2D eigenvalue weighted by molar-refractivity contribution is -0.384. The number of amides is 1. The molecule has 2 N–H and O–H groups in total. The van der Waals surface area contributed by atoms with Crippen molar-refractivity contribution in [3.8, 4) is 0 Å². The van der Waals surface area contributed by atoms with Gasteiger partial charge in [0.15, 0.2) is 0 Å². The maximum atomic E-state index is 13.2. The van der Waals surface area contributed by atoms with Crippen molar-refractivity contribution in [2.45, 2.75) is 12.5 Å². The Hall–Kier alpha value is -4.50. The molecule has 9 nitrogen and oxygen atoms in total. The first-order valence-electron chi connectivity index (χ1n) is 10.3. The molecule has 1 fully saturated rings. The Morgan fingerprint density at radius 1 is 1.00 bits per heavy atom. The molecule has 10 heteroatoms. The first-order valence-corrected chi connectivity index (χ1v) is 10.7. The van der Waals surface area contributed by atoms with Crippen LogP contribution in [-0.2, 0) is 20.8 Å². The normalized spacial score (nSPS) is 16.9. The molecule has 3 aromatic carbocycles. The standard InChI is InChI=1S/C25H17ClN2O7/c26-19-7-2-1-6-18(19)23(31)21-22(15-4-3-5-17(13-15)28(34)35)27(25(33)24(21)32)16-10-8-14(9-11-16)12-20(29)30/h1-11,13,22,31H,12H2,(H,29,30)/b23-21+. The summed E-state index contributed by atoms with van der Waals surface area (Å²) in [5, 5.41) is 31.6. The zero-order valence-electron chi connectivity index (χ0n) is 17.9. The number of nitro groups is 1. The number of rotatable bonds is 6. The fourth-order valence-corrected chi connectivity index (χ4v) is 4.20. The number of Topliss-reactive ketones (excluding diaryl/α,β-unsaturated/α-hetero) is 1. The van der Waals surface area contributed by atoms with Gasteiger partial charge in [-0.25, -0.2) is 0 Å². The maximum absolute atomic E-state index is 13.2. The Bertz CT molecular complexity index is 1400. The monoisotopic (exact) mass is 492 g/mol. The third kappa shape index (κ3) is 4.49. The second-order valence-corrected chi connectivity index (χ2v) is 8.15. The largest absolute Gasteiger partial charge is 0.507 e. The van der Waals surface area contributed by atoms with Crippen LogP contribution in [0.25, 0.3) is 5.76 Å².